The predicted octanol–water partition coefficient (Wildman–Crippen LogP) is 3.52. The highest BCUT2D eigenvalue weighted by Crippen LogP contribution is 2.35. The second kappa shape index (κ2) is 4.76. The Morgan fingerprint density at radius 2 is 2.25 bits per heavy atom. The first-order valence-electron chi connectivity index (χ1n) is 6.37. The van der Waals surface area contributed by atoms with Crippen LogP contribution >= 0.6 is 11.3 Å². The number of para-hydroxylation sites is 1. The molecule has 2 aromatic heterocycles. The number of rotatable bonds is 2. The van der Waals surface area contributed by atoms with Crippen molar-refractivity contribution in [1.29, 1.82) is 0 Å². The number of aromatic nitrogens is 1. The minimum absolute atomic E-state index is 0.334. The Kier molecular flexibility index (Phi) is 3.06. The lowest BCUT2D eigenvalue weighted by atomic mass is 10.1. The molecule has 0 saturated carbocycles. The third kappa shape index (κ3) is 1.91. The summed E-state index contributed by atoms with van der Waals surface area (Å²) in [6.45, 7) is 4.13. The van der Waals surface area contributed by atoms with Gasteiger partial charge >= 0.3 is 5.97 Å². The standard InChI is InChI=1S/C15H14N2O2S/c1-3-19-15(18)13-11(16)10-7-9-6-4-5-8(2)12(9)17-14(10)20-13/h4-7H,3,16H2,1-2H3. The number of fused-ring (bicyclic) bond motifs is 2. The molecule has 3 aromatic rings. The maximum atomic E-state index is 11.9. The van der Waals surface area contributed by atoms with Crippen LogP contribution in [0.1, 0.15) is 22.2 Å². The largest absolute Gasteiger partial charge is 0.462 e. The molecule has 1 aromatic carbocycles. The molecule has 0 bridgehead atoms. The van der Waals surface area contributed by atoms with Crippen molar-refractivity contribution < 1.29 is 9.53 Å². The zero-order valence-corrected chi connectivity index (χ0v) is 12.1. The van der Waals surface area contributed by atoms with Gasteiger partial charge in [0.2, 0.25) is 0 Å². The number of carbonyl (C=O) groups excluding carboxylic acids is 1. The summed E-state index contributed by atoms with van der Waals surface area (Å²) in [6, 6.07) is 7.99. The Morgan fingerprint density at radius 3 is 3.00 bits per heavy atom. The zero-order valence-electron chi connectivity index (χ0n) is 11.3. The molecule has 0 aliphatic carbocycles. The quantitative estimate of drug-likeness (QED) is 0.732. The molecule has 2 N–H and O–H groups in total. The Morgan fingerprint density at radius 1 is 1.45 bits per heavy atom. The van der Waals surface area contributed by atoms with E-state index in [9.17, 15) is 4.79 Å². The molecule has 5 heteroatoms. The van der Waals surface area contributed by atoms with E-state index in [4.69, 9.17) is 10.5 Å². The number of hydrogen-bond acceptors (Lipinski definition) is 5. The van der Waals surface area contributed by atoms with E-state index in [-0.39, 0.29) is 5.97 Å². The van der Waals surface area contributed by atoms with Crippen LogP contribution in [0.5, 0.6) is 0 Å². The molecule has 20 heavy (non-hydrogen) atoms. The molecule has 0 radical (unpaired) electrons. The molecule has 0 aliphatic heterocycles. The summed E-state index contributed by atoms with van der Waals surface area (Å²) in [5.74, 6) is -0.381. The number of carbonyl (C=O) groups is 1. The average molecular weight is 286 g/mol. The Labute approximate surface area is 120 Å². The lowest BCUT2D eigenvalue weighted by Gasteiger charge is -2.01. The van der Waals surface area contributed by atoms with Crippen molar-refractivity contribution in [2.24, 2.45) is 0 Å². The molecule has 0 aliphatic rings. The number of benzene rings is 1. The van der Waals surface area contributed by atoms with Crippen molar-refractivity contribution in [3.63, 3.8) is 0 Å². The van der Waals surface area contributed by atoms with E-state index in [1.54, 1.807) is 6.92 Å². The number of aryl methyl sites for hydroxylation is 1. The van der Waals surface area contributed by atoms with E-state index < -0.39 is 0 Å². The lowest BCUT2D eigenvalue weighted by molar-refractivity contribution is 0.0533. The fourth-order valence-corrected chi connectivity index (χ4v) is 3.19. The third-order valence-electron chi connectivity index (χ3n) is 3.21. The van der Waals surface area contributed by atoms with Gasteiger partial charge in [-0.1, -0.05) is 18.2 Å². The fourth-order valence-electron chi connectivity index (χ4n) is 2.22. The van der Waals surface area contributed by atoms with E-state index >= 15 is 0 Å². The van der Waals surface area contributed by atoms with Gasteiger partial charge in [0.05, 0.1) is 17.8 Å². The first-order chi connectivity index (χ1) is 9.61. The fraction of sp³-hybridized carbons (Fsp3) is 0.200. The van der Waals surface area contributed by atoms with E-state index in [0.717, 1.165) is 26.7 Å². The summed E-state index contributed by atoms with van der Waals surface area (Å²) in [7, 11) is 0. The van der Waals surface area contributed by atoms with Gasteiger partial charge in [0, 0.05) is 10.8 Å². The SMILES string of the molecule is CCOC(=O)c1sc2nc3c(C)cccc3cc2c1N. The first-order valence-corrected chi connectivity index (χ1v) is 7.19. The molecule has 0 spiro atoms. The van der Waals surface area contributed by atoms with E-state index in [1.807, 2.05) is 31.2 Å². The van der Waals surface area contributed by atoms with Crippen LogP contribution in [-0.2, 0) is 4.74 Å². The van der Waals surface area contributed by atoms with E-state index in [2.05, 4.69) is 4.98 Å². The van der Waals surface area contributed by atoms with Crippen molar-refractivity contribution in [2.75, 3.05) is 12.3 Å². The zero-order chi connectivity index (χ0) is 14.3. The highest BCUT2D eigenvalue weighted by atomic mass is 32.1. The number of nitrogens with zero attached hydrogens (tertiary/aromatic N) is 1. The highest BCUT2D eigenvalue weighted by molar-refractivity contribution is 7.21. The number of ether oxygens (including phenoxy) is 1. The molecule has 0 amide bonds. The number of nitrogens with two attached hydrogens (primary N) is 1. The second-order valence-electron chi connectivity index (χ2n) is 4.55. The molecular weight excluding hydrogens is 272 g/mol. The van der Waals surface area contributed by atoms with Gasteiger partial charge in [-0.15, -0.1) is 11.3 Å². The molecule has 3 rings (SSSR count). The minimum atomic E-state index is -0.381. The molecular formula is C15H14N2O2S. The van der Waals surface area contributed by atoms with E-state index in [1.165, 1.54) is 11.3 Å². The number of esters is 1. The first kappa shape index (κ1) is 12.9. The summed E-state index contributed by atoms with van der Waals surface area (Å²) < 4.78 is 5.02. The van der Waals surface area contributed by atoms with Gasteiger partial charge < -0.3 is 10.5 Å². The molecule has 102 valence electrons. The van der Waals surface area contributed by atoms with Crippen molar-refractivity contribution in [3.8, 4) is 0 Å². The topological polar surface area (TPSA) is 65.2 Å². The van der Waals surface area contributed by atoms with Crippen LogP contribution in [-0.4, -0.2) is 17.6 Å². The molecule has 4 nitrogen and oxygen atoms in total. The maximum absolute atomic E-state index is 11.9. The van der Waals surface area contributed by atoms with E-state index in [0.29, 0.717) is 17.2 Å². The Bertz CT molecular complexity index is 823. The van der Waals surface area contributed by atoms with Crippen LogP contribution in [0, 0.1) is 6.92 Å². The molecule has 2 heterocycles. The van der Waals surface area contributed by atoms with Crippen LogP contribution < -0.4 is 5.73 Å². The molecule has 0 saturated heterocycles. The van der Waals surface area contributed by atoms with Crippen LogP contribution in [0.25, 0.3) is 21.1 Å². The monoisotopic (exact) mass is 286 g/mol. The van der Waals surface area contributed by atoms with Gasteiger partial charge in [-0.25, -0.2) is 9.78 Å². The predicted molar refractivity (Wildman–Crippen MR) is 82.2 cm³/mol. The average Bonchev–Trinajstić information content (AvgIpc) is 2.75. The van der Waals surface area contributed by atoms with Crippen LogP contribution in [0.4, 0.5) is 5.69 Å². The minimum Gasteiger partial charge on any atom is -0.462 e. The van der Waals surface area contributed by atoms with Gasteiger partial charge in [0.1, 0.15) is 9.71 Å². The molecule has 0 unspecified atom stereocenters. The van der Waals surface area contributed by atoms with Crippen molar-refractivity contribution in [3.05, 3.63) is 34.7 Å². The van der Waals surface area contributed by atoms with Gasteiger partial charge in [-0.3, -0.25) is 0 Å². The number of pyridine rings is 1. The second-order valence-corrected chi connectivity index (χ2v) is 5.55. The lowest BCUT2D eigenvalue weighted by Crippen LogP contribution is -2.04. The van der Waals surface area contributed by atoms with Crippen LogP contribution in [0.3, 0.4) is 0 Å². The smallest absolute Gasteiger partial charge is 0.350 e. The summed E-state index contributed by atoms with van der Waals surface area (Å²) >= 11 is 1.28. The van der Waals surface area contributed by atoms with Gasteiger partial charge in [0.25, 0.3) is 0 Å². The third-order valence-corrected chi connectivity index (χ3v) is 4.30. The van der Waals surface area contributed by atoms with Crippen molar-refractivity contribution >= 4 is 44.1 Å². The number of thiophene rings is 1. The van der Waals surface area contributed by atoms with Crippen LogP contribution in [0.2, 0.25) is 0 Å². The normalized spacial score (nSPS) is 11.1. The van der Waals surface area contributed by atoms with Gasteiger partial charge in [-0.2, -0.15) is 0 Å². The molecule has 0 fully saturated rings. The van der Waals surface area contributed by atoms with Crippen molar-refractivity contribution in [1.82, 2.24) is 4.98 Å². The van der Waals surface area contributed by atoms with Gasteiger partial charge in [0.15, 0.2) is 0 Å². The maximum Gasteiger partial charge on any atom is 0.350 e. The molecule has 0 atom stereocenters. The van der Waals surface area contributed by atoms with Crippen LogP contribution in [0.15, 0.2) is 24.3 Å². The van der Waals surface area contributed by atoms with Gasteiger partial charge in [-0.05, 0) is 25.5 Å². The number of anilines is 1. The summed E-state index contributed by atoms with van der Waals surface area (Å²) in [5, 5.41) is 1.84. The Balaban J connectivity index is 2.28. The number of nitrogen functional groups attached to an aromatic ring is 1. The highest BCUT2D eigenvalue weighted by Gasteiger charge is 2.18. The summed E-state index contributed by atoms with van der Waals surface area (Å²) in [6.07, 6.45) is 0. The Hall–Kier alpha value is -2.14. The summed E-state index contributed by atoms with van der Waals surface area (Å²) in [4.78, 5) is 17.7. The van der Waals surface area contributed by atoms with Crippen molar-refractivity contribution in [2.45, 2.75) is 13.8 Å². The number of hydrogen-bond donors (Lipinski definition) is 1. The summed E-state index contributed by atoms with van der Waals surface area (Å²) in [5.41, 5.74) is 8.57.